The topological polar surface area (TPSA) is 49.4 Å². The number of aryl methyl sites for hydroxylation is 2. The van der Waals surface area contributed by atoms with Gasteiger partial charge in [0.05, 0.1) is 20.4 Å². The fraction of sp³-hybridized carbons (Fsp3) is 0.278. The molecule has 1 aliphatic rings. The van der Waals surface area contributed by atoms with E-state index < -0.39 is 0 Å². The van der Waals surface area contributed by atoms with E-state index in [1.165, 1.54) is 11.1 Å². The summed E-state index contributed by atoms with van der Waals surface area (Å²) in [7, 11) is 3.33. The minimum Gasteiger partial charge on any atom is -0.497 e. The average molecular weight is 310 g/mol. The second kappa shape index (κ2) is 5.50. The first kappa shape index (κ1) is 13.9. The van der Waals surface area contributed by atoms with Gasteiger partial charge in [0.1, 0.15) is 11.5 Å². The van der Waals surface area contributed by atoms with Gasteiger partial charge in [0.25, 0.3) is 0 Å². The van der Waals surface area contributed by atoms with E-state index in [-0.39, 0.29) is 0 Å². The first-order valence-corrected chi connectivity index (χ1v) is 7.61. The lowest BCUT2D eigenvalue weighted by atomic mass is 9.95. The first-order chi connectivity index (χ1) is 11.3. The van der Waals surface area contributed by atoms with Gasteiger partial charge in [0.15, 0.2) is 5.76 Å². The molecule has 118 valence electrons. The van der Waals surface area contributed by atoms with Crippen LogP contribution in [-0.4, -0.2) is 23.9 Å². The van der Waals surface area contributed by atoms with Crippen molar-refractivity contribution in [3.63, 3.8) is 0 Å². The lowest BCUT2D eigenvalue weighted by Crippen LogP contribution is -1.98. The molecule has 0 N–H and O–H groups in total. The Bertz CT molecular complexity index is 826. The molecular formula is C18H18N2O3. The summed E-state index contributed by atoms with van der Waals surface area (Å²) in [6.45, 7) is 0.754. The van der Waals surface area contributed by atoms with E-state index >= 15 is 0 Å². The smallest absolute Gasteiger partial charge is 0.171 e. The minimum absolute atomic E-state index is 0.754. The van der Waals surface area contributed by atoms with Crippen LogP contribution in [0.4, 0.5) is 0 Å². The Morgan fingerprint density at radius 3 is 2.52 bits per heavy atom. The van der Waals surface area contributed by atoms with E-state index in [0.717, 1.165) is 47.8 Å². The van der Waals surface area contributed by atoms with E-state index in [4.69, 9.17) is 14.0 Å². The number of fused-ring (bicyclic) bond motifs is 3. The lowest BCUT2D eigenvalue weighted by Gasteiger charge is -2.09. The van der Waals surface area contributed by atoms with Crippen LogP contribution in [0.25, 0.3) is 11.3 Å². The Balaban J connectivity index is 1.66. The highest BCUT2D eigenvalue weighted by atomic mass is 16.5. The number of methoxy groups -OCH3 is 2. The van der Waals surface area contributed by atoms with Gasteiger partial charge in [-0.3, -0.25) is 0 Å². The summed E-state index contributed by atoms with van der Waals surface area (Å²) in [5.74, 6) is 2.51. The summed E-state index contributed by atoms with van der Waals surface area (Å²) < 4.78 is 18.3. The zero-order valence-corrected chi connectivity index (χ0v) is 13.2. The molecule has 2 heterocycles. The summed E-state index contributed by atoms with van der Waals surface area (Å²) in [4.78, 5) is 0. The van der Waals surface area contributed by atoms with E-state index in [1.54, 1.807) is 14.2 Å². The molecule has 0 radical (unpaired) electrons. The third-order valence-corrected chi connectivity index (χ3v) is 4.29. The van der Waals surface area contributed by atoms with E-state index in [1.807, 2.05) is 24.4 Å². The Hall–Kier alpha value is -2.69. The van der Waals surface area contributed by atoms with E-state index in [0.29, 0.717) is 0 Å². The molecule has 0 bridgehead atoms. The van der Waals surface area contributed by atoms with Crippen LogP contribution in [0.1, 0.15) is 16.7 Å². The van der Waals surface area contributed by atoms with E-state index in [2.05, 4.69) is 22.1 Å². The van der Waals surface area contributed by atoms with Crippen molar-refractivity contribution in [2.24, 2.45) is 0 Å². The molecule has 0 spiro atoms. The number of rotatable bonds is 4. The van der Waals surface area contributed by atoms with Crippen molar-refractivity contribution < 1.29 is 14.0 Å². The fourth-order valence-corrected chi connectivity index (χ4v) is 3.15. The minimum atomic E-state index is 0.754. The molecule has 0 unspecified atom stereocenters. The van der Waals surface area contributed by atoms with Crippen molar-refractivity contribution in [1.29, 1.82) is 0 Å². The Morgan fingerprint density at radius 1 is 1.04 bits per heavy atom. The number of aromatic nitrogens is 2. The molecule has 0 amide bonds. The first-order valence-electron chi connectivity index (χ1n) is 7.61. The van der Waals surface area contributed by atoms with Crippen LogP contribution < -0.4 is 9.47 Å². The Kier molecular flexibility index (Phi) is 3.33. The van der Waals surface area contributed by atoms with Crippen LogP contribution in [0.5, 0.6) is 11.5 Å². The summed E-state index contributed by atoms with van der Waals surface area (Å²) in [5.41, 5.74) is 4.78. The Morgan fingerprint density at radius 2 is 1.78 bits per heavy atom. The molecule has 1 aliphatic carbocycles. The molecule has 1 aromatic carbocycles. The second-order valence-electron chi connectivity index (χ2n) is 5.77. The van der Waals surface area contributed by atoms with Crippen molar-refractivity contribution in [1.82, 2.24) is 9.72 Å². The average Bonchev–Trinajstić information content (AvgIpc) is 3.19. The van der Waals surface area contributed by atoms with Gasteiger partial charge < -0.3 is 18.6 Å². The molecule has 0 atom stereocenters. The third-order valence-electron chi connectivity index (χ3n) is 4.29. The molecular weight excluding hydrogens is 292 g/mol. The molecule has 23 heavy (non-hydrogen) atoms. The molecule has 0 aliphatic heterocycles. The van der Waals surface area contributed by atoms with Gasteiger partial charge in [-0.05, 0) is 36.1 Å². The monoisotopic (exact) mass is 310 g/mol. The summed E-state index contributed by atoms with van der Waals surface area (Å²) >= 11 is 0. The van der Waals surface area contributed by atoms with Crippen molar-refractivity contribution >= 4 is 0 Å². The number of nitrogens with zero attached hydrogens (tertiary/aromatic N) is 2. The molecule has 0 saturated carbocycles. The molecule has 4 rings (SSSR count). The van der Waals surface area contributed by atoms with Gasteiger partial charge >= 0.3 is 0 Å². The SMILES string of the molecule is COc1cc(Cn2cc3c(c2)-c2oncc2CC3)cc(OC)c1. The van der Waals surface area contributed by atoms with E-state index in [9.17, 15) is 0 Å². The predicted molar refractivity (Wildman–Crippen MR) is 86.0 cm³/mol. The maximum Gasteiger partial charge on any atom is 0.171 e. The molecule has 5 nitrogen and oxygen atoms in total. The second-order valence-corrected chi connectivity index (χ2v) is 5.77. The van der Waals surface area contributed by atoms with Gasteiger partial charge in [-0.25, -0.2) is 0 Å². The largest absolute Gasteiger partial charge is 0.497 e. The lowest BCUT2D eigenvalue weighted by molar-refractivity contribution is 0.393. The molecule has 3 aromatic rings. The number of hydrogen-bond donors (Lipinski definition) is 0. The highest BCUT2D eigenvalue weighted by Crippen LogP contribution is 2.34. The quantitative estimate of drug-likeness (QED) is 0.742. The normalized spacial score (nSPS) is 12.6. The maximum absolute atomic E-state index is 5.42. The van der Waals surface area contributed by atoms with Crippen molar-refractivity contribution in [3.05, 3.63) is 53.5 Å². The van der Waals surface area contributed by atoms with Crippen LogP contribution >= 0.6 is 0 Å². The van der Waals surface area contributed by atoms with Gasteiger partial charge in [0, 0.05) is 36.1 Å². The van der Waals surface area contributed by atoms with Gasteiger partial charge in [-0.1, -0.05) is 5.16 Å². The van der Waals surface area contributed by atoms with Gasteiger partial charge in [0.2, 0.25) is 0 Å². The van der Waals surface area contributed by atoms with Gasteiger partial charge in [-0.15, -0.1) is 0 Å². The van der Waals surface area contributed by atoms with Gasteiger partial charge in [-0.2, -0.15) is 0 Å². The maximum atomic E-state index is 5.42. The van der Waals surface area contributed by atoms with Crippen LogP contribution in [0.3, 0.4) is 0 Å². The standard InChI is InChI=1S/C18H18N2O3/c1-21-15-5-12(6-16(7-15)22-2)9-20-10-14-4-3-13-8-19-23-18(13)17(14)11-20/h5-8,10-11H,3-4,9H2,1-2H3. The number of hydrogen-bond acceptors (Lipinski definition) is 4. The highest BCUT2D eigenvalue weighted by molar-refractivity contribution is 5.67. The molecule has 2 aromatic heterocycles. The summed E-state index contributed by atoms with van der Waals surface area (Å²) in [5, 5.41) is 3.92. The van der Waals surface area contributed by atoms with Crippen LogP contribution in [-0.2, 0) is 19.4 Å². The van der Waals surface area contributed by atoms with Crippen LogP contribution in [0.15, 0.2) is 41.3 Å². The fourth-order valence-electron chi connectivity index (χ4n) is 3.15. The predicted octanol–water partition coefficient (Wildman–Crippen LogP) is 3.31. The number of benzene rings is 1. The Labute approximate surface area is 134 Å². The summed E-state index contributed by atoms with van der Waals surface area (Å²) in [6.07, 6.45) is 8.15. The number of ether oxygens (including phenoxy) is 2. The van der Waals surface area contributed by atoms with Crippen molar-refractivity contribution in [3.8, 4) is 22.8 Å². The highest BCUT2D eigenvalue weighted by Gasteiger charge is 2.22. The summed E-state index contributed by atoms with van der Waals surface area (Å²) in [6, 6.07) is 5.94. The van der Waals surface area contributed by atoms with Crippen LogP contribution in [0.2, 0.25) is 0 Å². The van der Waals surface area contributed by atoms with Crippen molar-refractivity contribution in [2.45, 2.75) is 19.4 Å². The molecule has 5 heteroatoms. The molecule has 0 fully saturated rings. The zero-order chi connectivity index (χ0) is 15.8. The zero-order valence-electron chi connectivity index (χ0n) is 13.2. The van der Waals surface area contributed by atoms with Crippen LogP contribution in [0, 0.1) is 0 Å². The molecule has 0 saturated heterocycles. The third kappa shape index (κ3) is 2.48. The van der Waals surface area contributed by atoms with Crippen molar-refractivity contribution in [2.75, 3.05) is 14.2 Å².